The topological polar surface area (TPSA) is 41.6 Å². The molecule has 0 bridgehead atoms. The van der Waals surface area contributed by atoms with Gasteiger partial charge in [-0.3, -0.25) is 0 Å². The molecule has 4 nitrogen and oxygen atoms in total. The lowest BCUT2D eigenvalue weighted by atomic mass is 10.1. The van der Waals surface area contributed by atoms with Gasteiger partial charge in [0.15, 0.2) is 0 Å². The third-order valence-corrected chi connectivity index (χ3v) is 3.25. The number of nitrogens with zero attached hydrogens (tertiary/aromatic N) is 1. The van der Waals surface area contributed by atoms with E-state index >= 15 is 0 Å². The Morgan fingerprint density at radius 2 is 2.18 bits per heavy atom. The predicted octanol–water partition coefficient (Wildman–Crippen LogP) is 2.34. The normalized spacial score (nSPS) is 18.3. The van der Waals surface area contributed by atoms with E-state index in [9.17, 15) is 4.79 Å². The molecule has 5 heteroatoms. The third kappa shape index (κ3) is 4.96. The van der Waals surface area contributed by atoms with E-state index in [0.717, 1.165) is 38.0 Å². The molecule has 0 aromatic rings. The molecule has 0 aromatic heterocycles. The molecule has 0 aromatic carbocycles. The van der Waals surface area contributed by atoms with Gasteiger partial charge in [-0.25, -0.2) is 4.79 Å². The number of amides is 1. The zero-order valence-electron chi connectivity index (χ0n) is 10.5. The summed E-state index contributed by atoms with van der Waals surface area (Å²) in [7, 11) is 0. The number of ether oxygens (including phenoxy) is 1. The van der Waals surface area contributed by atoms with E-state index in [1.54, 1.807) is 10.4 Å². The van der Waals surface area contributed by atoms with Crippen molar-refractivity contribution in [3.05, 3.63) is 11.1 Å². The summed E-state index contributed by atoms with van der Waals surface area (Å²) in [5.41, 5.74) is 2.72. The molecule has 98 valence electrons. The van der Waals surface area contributed by atoms with Crippen molar-refractivity contribution in [2.45, 2.75) is 32.7 Å². The zero-order chi connectivity index (χ0) is 12.7. The molecule has 1 rings (SSSR count). The number of piperidine rings is 1. The molecular weight excluding hydrogens is 240 g/mol. The Hall–Kier alpha value is -0.740. The number of rotatable bonds is 4. The number of nitrogens with one attached hydrogen (secondary N) is 1. The zero-order valence-corrected chi connectivity index (χ0v) is 11.3. The van der Waals surface area contributed by atoms with Crippen molar-refractivity contribution >= 4 is 17.7 Å². The second-order valence-electron chi connectivity index (χ2n) is 4.30. The molecule has 0 radical (unpaired) electrons. The predicted molar refractivity (Wildman–Crippen MR) is 69.2 cm³/mol. The van der Waals surface area contributed by atoms with Gasteiger partial charge in [-0.2, -0.15) is 0 Å². The molecule has 1 saturated heterocycles. The van der Waals surface area contributed by atoms with Crippen LogP contribution < -0.4 is 5.32 Å². The Kier molecular flexibility index (Phi) is 6.37. The molecule has 1 aliphatic heterocycles. The number of halogens is 1. The van der Waals surface area contributed by atoms with E-state index in [1.807, 2.05) is 13.8 Å². The lowest BCUT2D eigenvalue weighted by molar-refractivity contribution is 0.0953. The van der Waals surface area contributed by atoms with Crippen LogP contribution >= 0.6 is 11.6 Å². The first-order valence-electron chi connectivity index (χ1n) is 6.08. The summed E-state index contributed by atoms with van der Waals surface area (Å²) in [4.78, 5) is 13.2. The van der Waals surface area contributed by atoms with Gasteiger partial charge in [0.05, 0.1) is 6.61 Å². The minimum absolute atomic E-state index is 0.192. The maximum atomic E-state index is 11.5. The van der Waals surface area contributed by atoms with Crippen LogP contribution in [0.3, 0.4) is 0 Å². The first kappa shape index (κ1) is 14.3. The van der Waals surface area contributed by atoms with Crippen molar-refractivity contribution < 1.29 is 9.53 Å². The van der Waals surface area contributed by atoms with Crippen molar-refractivity contribution in [2.75, 3.05) is 26.2 Å². The van der Waals surface area contributed by atoms with E-state index in [4.69, 9.17) is 16.3 Å². The van der Waals surface area contributed by atoms with E-state index in [2.05, 4.69) is 5.32 Å². The standard InChI is InChI=1S/C12H21ClN2O2/c1-3-17-12(16)15-6-4-11(5-7-15)14-9-10(2)8-13/h8,11,14H,3-7,9H2,1-2H3. The maximum absolute atomic E-state index is 11.5. The van der Waals surface area contributed by atoms with Crippen LogP contribution in [0.1, 0.15) is 26.7 Å². The smallest absolute Gasteiger partial charge is 0.409 e. The van der Waals surface area contributed by atoms with Gasteiger partial charge < -0.3 is 15.0 Å². The number of hydrogen-bond donors (Lipinski definition) is 1. The van der Waals surface area contributed by atoms with Gasteiger partial charge >= 0.3 is 6.09 Å². The molecule has 1 amide bonds. The van der Waals surface area contributed by atoms with E-state index < -0.39 is 0 Å². The number of carbonyl (C=O) groups excluding carboxylic acids is 1. The Labute approximate surface area is 108 Å². The fourth-order valence-corrected chi connectivity index (χ4v) is 1.90. The monoisotopic (exact) mass is 260 g/mol. The Morgan fingerprint density at radius 3 is 2.71 bits per heavy atom. The molecule has 1 N–H and O–H groups in total. The third-order valence-electron chi connectivity index (χ3n) is 2.88. The van der Waals surface area contributed by atoms with E-state index in [1.165, 1.54) is 0 Å². The largest absolute Gasteiger partial charge is 0.450 e. The second kappa shape index (κ2) is 7.56. The van der Waals surface area contributed by atoms with Gasteiger partial charge in [0.25, 0.3) is 0 Å². The first-order chi connectivity index (χ1) is 8.17. The average Bonchev–Trinajstić information content (AvgIpc) is 2.36. The van der Waals surface area contributed by atoms with Gasteiger partial charge in [0, 0.05) is 31.2 Å². The Balaban J connectivity index is 2.24. The molecule has 17 heavy (non-hydrogen) atoms. The van der Waals surface area contributed by atoms with Gasteiger partial charge in [-0.05, 0) is 32.3 Å². The highest BCUT2D eigenvalue weighted by atomic mass is 35.5. The van der Waals surface area contributed by atoms with Gasteiger partial charge in [0.1, 0.15) is 0 Å². The SMILES string of the molecule is CCOC(=O)N1CCC(NCC(C)=CCl)CC1. The minimum atomic E-state index is -0.192. The molecule has 0 atom stereocenters. The van der Waals surface area contributed by atoms with E-state index in [0.29, 0.717) is 12.6 Å². The van der Waals surface area contributed by atoms with Crippen LogP contribution in [-0.4, -0.2) is 43.3 Å². The van der Waals surface area contributed by atoms with Crippen LogP contribution in [0.2, 0.25) is 0 Å². The van der Waals surface area contributed by atoms with Crippen LogP contribution in [0, 0.1) is 0 Å². The summed E-state index contributed by atoms with van der Waals surface area (Å²) in [6, 6.07) is 0.465. The molecule has 1 fully saturated rings. The summed E-state index contributed by atoms with van der Waals surface area (Å²) >= 11 is 5.60. The molecule has 0 unspecified atom stereocenters. The summed E-state index contributed by atoms with van der Waals surface area (Å²) in [6.45, 7) is 6.60. The minimum Gasteiger partial charge on any atom is -0.450 e. The first-order valence-corrected chi connectivity index (χ1v) is 6.52. The van der Waals surface area contributed by atoms with Gasteiger partial charge in [-0.15, -0.1) is 0 Å². The molecule has 0 saturated carbocycles. The van der Waals surface area contributed by atoms with Crippen LogP contribution in [0.15, 0.2) is 11.1 Å². The highest BCUT2D eigenvalue weighted by Gasteiger charge is 2.22. The second-order valence-corrected chi connectivity index (χ2v) is 4.51. The van der Waals surface area contributed by atoms with Crippen LogP contribution in [-0.2, 0) is 4.74 Å². The Bertz CT molecular complexity index is 274. The highest BCUT2D eigenvalue weighted by molar-refractivity contribution is 6.25. The van der Waals surface area contributed by atoms with E-state index in [-0.39, 0.29) is 6.09 Å². The maximum Gasteiger partial charge on any atom is 0.409 e. The van der Waals surface area contributed by atoms with Crippen molar-refractivity contribution in [1.82, 2.24) is 10.2 Å². The van der Waals surface area contributed by atoms with Crippen LogP contribution in [0.5, 0.6) is 0 Å². The summed E-state index contributed by atoms with van der Waals surface area (Å²) in [6.07, 6.45) is 1.74. The fraction of sp³-hybridized carbons (Fsp3) is 0.750. The van der Waals surface area contributed by atoms with Crippen molar-refractivity contribution in [1.29, 1.82) is 0 Å². The fourth-order valence-electron chi connectivity index (χ4n) is 1.82. The van der Waals surface area contributed by atoms with Crippen LogP contribution in [0.4, 0.5) is 4.79 Å². The number of hydrogen-bond acceptors (Lipinski definition) is 3. The van der Waals surface area contributed by atoms with Gasteiger partial charge in [0.2, 0.25) is 0 Å². The van der Waals surface area contributed by atoms with Crippen molar-refractivity contribution in [2.24, 2.45) is 0 Å². The molecular formula is C12H21ClN2O2. The molecule has 1 aliphatic rings. The number of likely N-dealkylation sites (tertiary alicyclic amines) is 1. The highest BCUT2D eigenvalue weighted by Crippen LogP contribution is 2.11. The lowest BCUT2D eigenvalue weighted by Gasteiger charge is -2.31. The number of carbonyl (C=O) groups is 1. The van der Waals surface area contributed by atoms with Gasteiger partial charge in [-0.1, -0.05) is 11.6 Å². The summed E-state index contributed by atoms with van der Waals surface area (Å²) < 4.78 is 4.97. The summed E-state index contributed by atoms with van der Waals surface area (Å²) in [5.74, 6) is 0. The molecule has 1 heterocycles. The van der Waals surface area contributed by atoms with Crippen molar-refractivity contribution in [3.8, 4) is 0 Å². The lowest BCUT2D eigenvalue weighted by Crippen LogP contribution is -2.45. The van der Waals surface area contributed by atoms with Crippen LogP contribution in [0.25, 0.3) is 0 Å². The quantitative estimate of drug-likeness (QED) is 0.844. The van der Waals surface area contributed by atoms with Crippen molar-refractivity contribution in [3.63, 3.8) is 0 Å². The summed E-state index contributed by atoms with van der Waals surface area (Å²) in [5, 5.41) is 3.43. The molecule has 0 aliphatic carbocycles. The average molecular weight is 261 g/mol. The molecule has 0 spiro atoms. The Morgan fingerprint density at radius 1 is 1.53 bits per heavy atom.